The molecule has 1 saturated carbocycles. The lowest BCUT2D eigenvalue weighted by Crippen LogP contribution is -2.17. The lowest BCUT2D eigenvalue weighted by molar-refractivity contribution is -0.120. The van der Waals surface area contributed by atoms with Crippen molar-refractivity contribution in [2.75, 3.05) is 0 Å². The molecule has 106 valence electrons. The highest BCUT2D eigenvalue weighted by Gasteiger charge is 2.67. The fourth-order valence-electron chi connectivity index (χ4n) is 3.18. The van der Waals surface area contributed by atoms with Gasteiger partial charge in [0.15, 0.2) is 0 Å². The largest absolute Gasteiger partial charge is 0.299 e. The van der Waals surface area contributed by atoms with Gasteiger partial charge in [-0.05, 0) is 16.7 Å². The zero-order valence-electron chi connectivity index (χ0n) is 12.9. The molecule has 1 fully saturated rings. The van der Waals surface area contributed by atoms with Gasteiger partial charge in [-0.2, -0.15) is 5.10 Å². The minimum Gasteiger partial charge on any atom is -0.299 e. The molecule has 1 aromatic heterocycles. The van der Waals surface area contributed by atoms with E-state index < -0.39 is 0 Å². The monoisotopic (exact) mass is 263 g/mol. The first kappa shape index (κ1) is 14.2. The van der Waals surface area contributed by atoms with Gasteiger partial charge in [0.2, 0.25) is 0 Å². The molecule has 0 bridgehead atoms. The Morgan fingerprint density at radius 1 is 1.32 bits per heavy atom. The second-order valence-corrected chi connectivity index (χ2v) is 7.27. The van der Waals surface area contributed by atoms with E-state index in [0.29, 0.717) is 18.1 Å². The smallest absolute Gasteiger partial charge is 0.144 e. The molecule has 0 amide bonds. The molecule has 0 radical (unpaired) electrons. The van der Waals surface area contributed by atoms with E-state index in [1.54, 1.807) is 6.33 Å². The number of aromatic nitrogens is 3. The second-order valence-electron chi connectivity index (χ2n) is 7.27. The van der Waals surface area contributed by atoms with Gasteiger partial charge in [0.1, 0.15) is 17.9 Å². The molecule has 0 spiro atoms. The molecule has 0 N–H and O–H groups in total. The van der Waals surface area contributed by atoms with Crippen LogP contribution >= 0.6 is 0 Å². The predicted molar refractivity (Wildman–Crippen MR) is 74.6 cm³/mol. The third-order valence-electron chi connectivity index (χ3n) is 4.91. The van der Waals surface area contributed by atoms with E-state index in [1.807, 2.05) is 4.68 Å². The van der Waals surface area contributed by atoms with Gasteiger partial charge in [0, 0.05) is 12.5 Å². The van der Waals surface area contributed by atoms with Crippen LogP contribution in [0.2, 0.25) is 0 Å². The van der Waals surface area contributed by atoms with Crippen molar-refractivity contribution >= 4 is 5.78 Å². The molecule has 0 aromatic carbocycles. The van der Waals surface area contributed by atoms with Gasteiger partial charge in [-0.3, -0.25) is 4.79 Å². The average molecular weight is 263 g/mol. The summed E-state index contributed by atoms with van der Waals surface area (Å²) in [6.07, 6.45) is 1.96. The summed E-state index contributed by atoms with van der Waals surface area (Å²) < 4.78 is 1.87. The highest BCUT2D eigenvalue weighted by molar-refractivity contribution is 5.87. The number of rotatable bonds is 5. The summed E-state index contributed by atoms with van der Waals surface area (Å²) in [6.45, 7) is 13.8. The number of carbonyl (C=O) groups is 1. The SMILES string of the molecule is CC(C)Cn1ncnc1CC(=O)C1C(C)(C)C1(C)C. The summed E-state index contributed by atoms with van der Waals surface area (Å²) in [5.74, 6) is 1.75. The zero-order chi connectivity index (χ0) is 14.4. The standard InChI is InChI=1S/C15H25N3O/c1-10(2)8-18-12(16-9-17-18)7-11(19)13-14(3,4)15(13,5)6/h9-10,13H,7-8H2,1-6H3. The lowest BCUT2D eigenvalue weighted by atomic mass is 10.0. The van der Waals surface area contributed by atoms with Gasteiger partial charge in [-0.15, -0.1) is 0 Å². The Labute approximate surface area is 115 Å². The van der Waals surface area contributed by atoms with Crippen LogP contribution in [-0.4, -0.2) is 20.5 Å². The third-order valence-corrected chi connectivity index (χ3v) is 4.91. The summed E-state index contributed by atoms with van der Waals surface area (Å²) in [5, 5.41) is 4.22. The topological polar surface area (TPSA) is 47.8 Å². The van der Waals surface area contributed by atoms with Crippen molar-refractivity contribution in [2.45, 2.75) is 54.5 Å². The summed E-state index contributed by atoms with van der Waals surface area (Å²) in [6, 6.07) is 0. The van der Waals surface area contributed by atoms with Crippen molar-refractivity contribution in [2.24, 2.45) is 22.7 Å². The van der Waals surface area contributed by atoms with Crippen LogP contribution in [0.1, 0.15) is 47.4 Å². The fourth-order valence-corrected chi connectivity index (χ4v) is 3.18. The molecule has 4 nitrogen and oxygen atoms in total. The van der Waals surface area contributed by atoms with E-state index in [0.717, 1.165) is 12.4 Å². The van der Waals surface area contributed by atoms with Gasteiger partial charge >= 0.3 is 0 Å². The van der Waals surface area contributed by atoms with Gasteiger partial charge in [0.05, 0.1) is 6.42 Å². The number of nitrogens with zero attached hydrogens (tertiary/aromatic N) is 3. The first-order chi connectivity index (χ1) is 8.68. The maximum atomic E-state index is 12.5. The van der Waals surface area contributed by atoms with Crippen LogP contribution in [0.4, 0.5) is 0 Å². The van der Waals surface area contributed by atoms with Crippen LogP contribution in [0.5, 0.6) is 0 Å². The van der Waals surface area contributed by atoms with Crippen molar-refractivity contribution in [1.82, 2.24) is 14.8 Å². The van der Waals surface area contributed by atoms with E-state index >= 15 is 0 Å². The molecular formula is C15H25N3O. The molecule has 1 aromatic rings. The first-order valence-corrected chi connectivity index (χ1v) is 7.07. The highest BCUT2D eigenvalue weighted by atomic mass is 16.1. The number of ketones is 1. The first-order valence-electron chi connectivity index (χ1n) is 7.07. The minimum absolute atomic E-state index is 0.104. The van der Waals surface area contributed by atoms with Gasteiger partial charge in [-0.1, -0.05) is 41.5 Å². The van der Waals surface area contributed by atoms with Crippen molar-refractivity contribution in [3.8, 4) is 0 Å². The molecule has 0 atom stereocenters. The Hall–Kier alpha value is -1.19. The molecule has 2 rings (SSSR count). The molecule has 1 aliphatic carbocycles. The predicted octanol–water partition coefficient (Wildman–Crippen LogP) is 2.73. The Balaban J connectivity index is 2.07. The normalized spacial score (nSPS) is 20.8. The number of hydrogen-bond donors (Lipinski definition) is 0. The summed E-state index contributed by atoms with van der Waals surface area (Å²) in [4.78, 5) is 16.7. The molecule has 4 heteroatoms. The summed E-state index contributed by atoms with van der Waals surface area (Å²) in [7, 11) is 0. The minimum atomic E-state index is 0.104. The summed E-state index contributed by atoms with van der Waals surface area (Å²) >= 11 is 0. The number of hydrogen-bond acceptors (Lipinski definition) is 3. The number of Topliss-reactive ketones (excluding diaryl/α,β-unsaturated/α-hetero) is 1. The molecular weight excluding hydrogens is 238 g/mol. The number of carbonyl (C=O) groups excluding carboxylic acids is 1. The Morgan fingerprint density at radius 3 is 2.37 bits per heavy atom. The lowest BCUT2D eigenvalue weighted by Gasteiger charge is -2.08. The van der Waals surface area contributed by atoms with Crippen LogP contribution in [0.3, 0.4) is 0 Å². The van der Waals surface area contributed by atoms with Crippen molar-refractivity contribution in [3.05, 3.63) is 12.2 Å². The Bertz CT molecular complexity index is 471. The van der Waals surface area contributed by atoms with E-state index in [4.69, 9.17) is 0 Å². The maximum absolute atomic E-state index is 12.5. The van der Waals surface area contributed by atoms with Crippen LogP contribution < -0.4 is 0 Å². The Kier molecular flexibility index (Phi) is 3.31. The van der Waals surface area contributed by atoms with Crippen molar-refractivity contribution in [1.29, 1.82) is 0 Å². The van der Waals surface area contributed by atoms with Crippen molar-refractivity contribution in [3.63, 3.8) is 0 Å². The Morgan fingerprint density at radius 2 is 1.89 bits per heavy atom. The summed E-state index contributed by atoms with van der Waals surface area (Å²) in [5.41, 5.74) is 0.208. The van der Waals surface area contributed by atoms with E-state index in [2.05, 4.69) is 51.6 Å². The van der Waals surface area contributed by atoms with Gasteiger partial charge in [0.25, 0.3) is 0 Å². The van der Waals surface area contributed by atoms with E-state index in [1.165, 1.54) is 0 Å². The second kappa shape index (κ2) is 4.43. The highest BCUT2D eigenvalue weighted by Crippen LogP contribution is 2.68. The molecule has 1 aliphatic rings. The van der Waals surface area contributed by atoms with Crippen LogP contribution in [-0.2, 0) is 17.8 Å². The fraction of sp³-hybridized carbons (Fsp3) is 0.800. The van der Waals surface area contributed by atoms with Crippen LogP contribution in [0.15, 0.2) is 6.33 Å². The molecule has 1 heterocycles. The maximum Gasteiger partial charge on any atom is 0.144 e. The van der Waals surface area contributed by atoms with Crippen LogP contribution in [0, 0.1) is 22.7 Å². The molecule has 0 unspecified atom stereocenters. The zero-order valence-corrected chi connectivity index (χ0v) is 12.9. The quantitative estimate of drug-likeness (QED) is 0.820. The van der Waals surface area contributed by atoms with Crippen LogP contribution in [0.25, 0.3) is 0 Å². The molecule has 19 heavy (non-hydrogen) atoms. The van der Waals surface area contributed by atoms with Crippen molar-refractivity contribution < 1.29 is 4.79 Å². The van der Waals surface area contributed by atoms with Gasteiger partial charge < -0.3 is 0 Å². The van der Waals surface area contributed by atoms with Gasteiger partial charge in [-0.25, -0.2) is 9.67 Å². The van der Waals surface area contributed by atoms with E-state index in [-0.39, 0.29) is 16.7 Å². The average Bonchev–Trinajstić information content (AvgIpc) is 2.57. The third kappa shape index (κ3) is 2.33. The molecule has 0 aliphatic heterocycles. The molecule has 0 saturated heterocycles. The van der Waals surface area contributed by atoms with E-state index in [9.17, 15) is 4.79 Å².